The summed E-state index contributed by atoms with van der Waals surface area (Å²) in [7, 11) is 0. The van der Waals surface area contributed by atoms with Gasteiger partial charge in [0.15, 0.2) is 0 Å². The molecule has 1 unspecified atom stereocenters. The lowest BCUT2D eigenvalue weighted by Crippen LogP contribution is -2.04. The summed E-state index contributed by atoms with van der Waals surface area (Å²) in [6, 6.07) is 4.89. The highest BCUT2D eigenvalue weighted by Crippen LogP contribution is 2.35. The fourth-order valence-corrected chi connectivity index (χ4v) is 1.78. The highest BCUT2D eigenvalue weighted by atomic mass is 19.1. The molecule has 0 aliphatic carbocycles. The molecule has 0 spiro atoms. The van der Waals surface area contributed by atoms with Crippen LogP contribution in [0.5, 0.6) is 0 Å². The minimum atomic E-state index is -0.171. The Morgan fingerprint density at radius 1 is 1.46 bits per heavy atom. The summed E-state index contributed by atoms with van der Waals surface area (Å²) in [5, 5.41) is 0. The molecular weight excluding hydrogens is 167 g/mol. The van der Waals surface area contributed by atoms with E-state index in [1.54, 1.807) is 6.07 Å². The lowest BCUT2D eigenvalue weighted by Gasteiger charge is -2.14. The van der Waals surface area contributed by atoms with Gasteiger partial charge in [-0.2, -0.15) is 0 Å². The first-order valence-corrected chi connectivity index (χ1v) is 4.58. The first-order chi connectivity index (χ1) is 6.18. The van der Waals surface area contributed by atoms with E-state index < -0.39 is 0 Å². The number of fused-ring (bicyclic) bond motifs is 1. The lowest BCUT2D eigenvalue weighted by atomic mass is 9.97. The molecule has 0 saturated carbocycles. The number of halogens is 1. The third-order valence-electron chi connectivity index (χ3n) is 2.44. The van der Waals surface area contributed by atoms with Crippen molar-refractivity contribution in [2.45, 2.75) is 26.6 Å². The van der Waals surface area contributed by atoms with E-state index in [-0.39, 0.29) is 11.9 Å². The lowest BCUT2D eigenvalue weighted by molar-refractivity contribution is 0.0340. The summed E-state index contributed by atoms with van der Waals surface area (Å²) in [5.74, 6) is 0.234. The monoisotopic (exact) mass is 180 g/mol. The van der Waals surface area contributed by atoms with Crippen molar-refractivity contribution in [3.63, 3.8) is 0 Å². The maximum atomic E-state index is 12.9. The van der Waals surface area contributed by atoms with Gasteiger partial charge >= 0.3 is 0 Å². The first kappa shape index (κ1) is 8.70. The quantitative estimate of drug-likeness (QED) is 0.645. The number of benzene rings is 1. The van der Waals surface area contributed by atoms with Crippen molar-refractivity contribution < 1.29 is 9.13 Å². The van der Waals surface area contributed by atoms with Gasteiger partial charge in [0.1, 0.15) is 5.82 Å². The second kappa shape index (κ2) is 3.11. The topological polar surface area (TPSA) is 9.23 Å². The van der Waals surface area contributed by atoms with Crippen LogP contribution in [0, 0.1) is 11.7 Å². The minimum Gasteiger partial charge on any atom is -0.369 e. The van der Waals surface area contributed by atoms with E-state index in [2.05, 4.69) is 13.8 Å². The van der Waals surface area contributed by atoms with Gasteiger partial charge < -0.3 is 4.74 Å². The molecule has 1 nitrogen and oxygen atoms in total. The van der Waals surface area contributed by atoms with Crippen molar-refractivity contribution >= 4 is 0 Å². The van der Waals surface area contributed by atoms with Crippen molar-refractivity contribution in [3.8, 4) is 0 Å². The van der Waals surface area contributed by atoms with Crippen LogP contribution in [0.2, 0.25) is 0 Å². The van der Waals surface area contributed by atoms with E-state index in [0.29, 0.717) is 12.5 Å². The average Bonchev–Trinajstić information content (AvgIpc) is 2.46. The maximum Gasteiger partial charge on any atom is 0.123 e. The summed E-state index contributed by atoms with van der Waals surface area (Å²) in [6.45, 7) is 4.80. The van der Waals surface area contributed by atoms with Crippen molar-refractivity contribution in [2.24, 2.45) is 5.92 Å². The summed E-state index contributed by atoms with van der Waals surface area (Å²) in [5.41, 5.74) is 2.15. The Labute approximate surface area is 77.5 Å². The molecule has 2 heteroatoms. The standard InChI is InChI=1S/C11H13FO/c1-7(2)11-10-5-9(12)4-3-8(10)6-13-11/h3-5,7,11H,6H2,1-2H3. The van der Waals surface area contributed by atoms with Gasteiger partial charge in [-0.3, -0.25) is 0 Å². The van der Waals surface area contributed by atoms with Crippen LogP contribution >= 0.6 is 0 Å². The molecule has 13 heavy (non-hydrogen) atoms. The van der Waals surface area contributed by atoms with E-state index in [0.717, 1.165) is 11.1 Å². The SMILES string of the molecule is CC(C)C1OCc2ccc(F)cc21. The zero-order chi connectivity index (χ0) is 9.42. The third kappa shape index (κ3) is 1.46. The van der Waals surface area contributed by atoms with E-state index in [1.165, 1.54) is 6.07 Å². The molecule has 1 heterocycles. The van der Waals surface area contributed by atoms with Gasteiger partial charge in [-0.05, 0) is 29.2 Å². The largest absolute Gasteiger partial charge is 0.369 e. The Kier molecular flexibility index (Phi) is 2.08. The van der Waals surface area contributed by atoms with E-state index in [1.807, 2.05) is 6.07 Å². The second-order valence-corrected chi connectivity index (χ2v) is 3.82. The molecule has 1 aliphatic heterocycles. The summed E-state index contributed by atoms with van der Waals surface area (Å²) in [4.78, 5) is 0. The predicted molar refractivity (Wildman–Crippen MR) is 48.8 cm³/mol. The van der Waals surface area contributed by atoms with Crippen molar-refractivity contribution in [2.75, 3.05) is 0 Å². The molecule has 1 aromatic carbocycles. The minimum absolute atomic E-state index is 0.0747. The molecule has 0 N–H and O–H groups in total. The zero-order valence-corrected chi connectivity index (χ0v) is 7.88. The van der Waals surface area contributed by atoms with Gasteiger partial charge in [0.25, 0.3) is 0 Å². The molecule has 0 fully saturated rings. The Morgan fingerprint density at radius 2 is 2.23 bits per heavy atom. The van der Waals surface area contributed by atoms with Crippen LogP contribution in [-0.4, -0.2) is 0 Å². The molecule has 0 aromatic heterocycles. The summed E-state index contributed by atoms with van der Waals surface area (Å²) >= 11 is 0. The Morgan fingerprint density at radius 3 is 2.92 bits per heavy atom. The van der Waals surface area contributed by atoms with Crippen LogP contribution in [0.15, 0.2) is 18.2 Å². The zero-order valence-electron chi connectivity index (χ0n) is 7.88. The van der Waals surface area contributed by atoms with Gasteiger partial charge in [-0.1, -0.05) is 19.9 Å². The molecule has 0 bridgehead atoms. The summed E-state index contributed by atoms with van der Waals surface area (Å²) < 4.78 is 18.5. The number of hydrogen-bond acceptors (Lipinski definition) is 1. The Bertz CT molecular complexity index is 320. The van der Waals surface area contributed by atoms with Gasteiger partial charge in [-0.25, -0.2) is 4.39 Å². The third-order valence-corrected chi connectivity index (χ3v) is 2.44. The van der Waals surface area contributed by atoms with Gasteiger partial charge in [0.05, 0.1) is 12.7 Å². The Balaban J connectivity index is 2.40. The predicted octanol–water partition coefficient (Wildman–Crippen LogP) is 3.05. The highest BCUT2D eigenvalue weighted by Gasteiger charge is 2.25. The van der Waals surface area contributed by atoms with E-state index in [4.69, 9.17) is 4.74 Å². The molecule has 1 aromatic rings. The number of hydrogen-bond donors (Lipinski definition) is 0. The first-order valence-electron chi connectivity index (χ1n) is 4.58. The van der Waals surface area contributed by atoms with Crippen LogP contribution in [0.1, 0.15) is 31.1 Å². The molecule has 0 amide bonds. The van der Waals surface area contributed by atoms with E-state index in [9.17, 15) is 4.39 Å². The van der Waals surface area contributed by atoms with Crippen LogP contribution in [-0.2, 0) is 11.3 Å². The molecule has 2 rings (SSSR count). The fourth-order valence-electron chi connectivity index (χ4n) is 1.78. The molecule has 1 atom stereocenters. The normalized spacial score (nSPS) is 20.8. The fraction of sp³-hybridized carbons (Fsp3) is 0.455. The molecule has 0 saturated heterocycles. The van der Waals surface area contributed by atoms with Crippen LogP contribution < -0.4 is 0 Å². The number of ether oxygens (including phenoxy) is 1. The van der Waals surface area contributed by atoms with Crippen molar-refractivity contribution in [1.29, 1.82) is 0 Å². The van der Waals surface area contributed by atoms with Crippen molar-refractivity contribution in [1.82, 2.24) is 0 Å². The van der Waals surface area contributed by atoms with Crippen LogP contribution in [0.3, 0.4) is 0 Å². The molecule has 0 radical (unpaired) electrons. The molecule has 1 aliphatic rings. The second-order valence-electron chi connectivity index (χ2n) is 3.82. The highest BCUT2D eigenvalue weighted by molar-refractivity contribution is 5.32. The van der Waals surface area contributed by atoms with Gasteiger partial charge in [-0.15, -0.1) is 0 Å². The van der Waals surface area contributed by atoms with Crippen LogP contribution in [0.25, 0.3) is 0 Å². The van der Waals surface area contributed by atoms with Gasteiger partial charge in [0.2, 0.25) is 0 Å². The average molecular weight is 180 g/mol. The summed E-state index contributed by atoms with van der Waals surface area (Å²) in [6.07, 6.45) is 0.0747. The smallest absolute Gasteiger partial charge is 0.123 e. The Hall–Kier alpha value is -0.890. The number of rotatable bonds is 1. The molecular formula is C11H13FO. The van der Waals surface area contributed by atoms with Gasteiger partial charge in [0, 0.05) is 0 Å². The molecule has 70 valence electrons. The van der Waals surface area contributed by atoms with Crippen LogP contribution in [0.4, 0.5) is 4.39 Å². The maximum absolute atomic E-state index is 12.9. The van der Waals surface area contributed by atoms with E-state index >= 15 is 0 Å². The van der Waals surface area contributed by atoms with Crippen molar-refractivity contribution in [3.05, 3.63) is 35.1 Å².